The van der Waals surface area contributed by atoms with Crippen LogP contribution in [0, 0.1) is 0 Å². The van der Waals surface area contributed by atoms with Crippen molar-refractivity contribution in [3.63, 3.8) is 0 Å². The normalized spacial score (nSPS) is 19.7. The molecule has 1 saturated carbocycles. The second-order valence-corrected chi connectivity index (χ2v) is 6.59. The van der Waals surface area contributed by atoms with Gasteiger partial charge in [0.2, 0.25) is 11.7 Å². The second-order valence-electron chi connectivity index (χ2n) is 6.59. The molecule has 0 atom stereocenters. The fraction of sp³-hybridized carbons (Fsp3) is 0.412. The Bertz CT molecular complexity index is 899. The van der Waals surface area contributed by atoms with Crippen molar-refractivity contribution in [3.8, 4) is 11.4 Å². The average Bonchev–Trinajstić information content (AvgIpc) is 3.37. The van der Waals surface area contributed by atoms with Gasteiger partial charge in [0, 0.05) is 24.0 Å². The molecule has 0 spiro atoms. The number of nitrogens with two attached hydrogens (primary N) is 1. The quantitative estimate of drug-likeness (QED) is 0.683. The monoisotopic (exact) mass is 368 g/mol. The standard InChI is InChI=1S/C17H20N8O2/c18-12-3-5-13(6-4-12)25-10-14(22-24-25)17(26)20-9-15-21-16(23-27-15)11-2-1-7-19-8-11/h1-2,7-8,10,12-13H,3-6,9,18H2,(H,20,26). The fourth-order valence-electron chi connectivity index (χ4n) is 3.11. The first-order valence-corrected chi connectivity index (χ1v) is 8.87. The Morgan fingerprint density at radius 1 is 1.33 bits per heavy atom. The van der Waals surface area contributed by atoms with Gasteiger partial charge in [0.1, 0.15) is 0 Å². The van der Waals surface area contributed by atoms with E-state index in [1.54, 1.807) is 29.3 Å². The molecule has 3 aromatic heterocycles. The van der Waals surface area contributed by atoms with Crippen molar-refractivity contribution >= 4 is 5.91 Å². The molecule has 4 rings (SSSR count). The zero-order valence-electron chi connectivity index (χ0n) is 14.7. The molecule has 0 aromatic carbocycles. The molecule has 0 aliphatic heterocycles. The van der Waals surface area contributed by atoms with Crippen LogP contribution in [0.25, 0.3) is 11.4 Å². The molecule has 3 heterocycles. The van der Waals surface area contributed by atoms with E-state index in [2.05, 4.69) is 30.8 Å². The van der Waals surface area contributed by atoms with Crippen molar-refractivity contribution in [1.29, 1.82) is 0 Å². The van der Waals surface area contributed by atoms with E-state index < -0.39 is 0 Å². The molecule has 0 saturated heterocycles. The maximum absolute atomic E-state index is 12.3. The second kappa shape index (κ2) is 7.62. The van der Waals surface area contributed by atoms with E-state index in [-0.39, 0.29) is 30.2 Å². The lowest BCUT2D eigenvalue weighted by Gasteiger charge is -2.25. The van der Waals surface area contributed by atoms with Gasteiger partial charge in [-0.05, 0) is 37.8 Å². The number of nitrogens with one attached hydrogen (secondary N) is 1. The Morgan fingerprint density at radius 3 is 2.96 bits per heavy atom. The molecular weight excluding hydrogens is 348 g/mol. The Kier molecular flexibility index (Phi) is 4.88. The number of hydrogen-bond donors (Lipinski definition) is 2. The predicted octanol–water partition coefficient (Wildman–Crippen LogP) is 1.10. The molecule has 10 nitrogen and oxygen atoms in total. The summed E-state index contributed by atoms with van der Waals surface area (Å²) in [5.74, 6) is 0.388. The number of aromatic nitrogens is 6. The van der Waals surface area contributed by atoms with Crippen molar-refractivity contribution in [1.82, 2.24) is 35.4 Å². The van der Waals surface area contributed by atoms with Crippen LogP contribution in [0.3, 0.4) is 0 Å². The molecule has 1 fully saturated rings. The first-order valence-electron chi connectivity index (χ1n) is 8.87. The Hall–Kier alpha value is -3.14. The van der Waals surface area contributed by atoms with Crippen LogP contribution < -0.4 is 11.1 Å². The SMILES string of the molecule is NC1CCC(n2cc(C(=O)NCc3nc(-c4cccnc4)no3)nn2)CC1. The largest absolute Gasteiger partial charge is 0.342 e. The molecule has 10 heteroatoms. The summed E-state index contributed by atoms with van der Waals surface area (Å²) in [6, 6.07) is 4.13. The molecule has 1 amide bonds. The van der Waals surface area contributed by atoms with E-state index >= 15 is 0 Å². The summed E-state index contributed by atoms with van der Waals surface area (Å²) in [4.78, 5) is 20.6. The van der Waals surface area contributed by atoms with Gasteiger partial charge in [-0.25, -0.2) is 4.68 Å². The summed E-state index contributed by atoms with van der Waals surface area (Å²) in [6.07, 6.45) is 8.80. The predicted molar refractivity (Wildman–Crippen MR) is 94.2 cm³/mol. The van der Waals surface area contributed by atoms with Crippen LogP contribution >= 0.6 is 0 Å². The van der Waals surface area contributed by atoms with E-state index in [1.807, 2.05) is 6.07 Å². The fourth-order valence-corrected chi connectivity index (χ4v) is 3.11. The van der Waals surface area contributed by atoms with Crippen LogP contribution in [0.2, 0.25) is 0 Å². The van der Waals surface area contributed by atoms with Crippen molar-refractivity contribution in [2.45, 2.75) is 44.3 Å². The van der Waals surface area contributed by atoms with Gasteiger partial charge in [-0.1, -0.05) is 10.4 Å². The molecule has 27 heavy (non-hydrogen) atoms. The number of carbonyl (C=O) groups excluding carboxylic acids is 1. The Labute approximate surface area is 155 Å². The Morgan fingerprint density at radius 2 is 2.19 bits per heavy atom. The van der Waals surface area contributed by atoms with Gasteiger partial charge in [0.25, 0.3) is 5.91 Å². The minimum atomic E-state index is -0.338. The first-order chi connectivity index (χ1) is 13.2. The topological polar surface area (TPSA) is 138 Å². The number of hydrogen-bond acceptors (Lipinski definition) is 8. The summed E-state index contributed by atoms with van der Waals surface area (Å²) in [5.41, 5.74) is 6.93. The van der Waals surface area contributed by atoms with Crippen LogP contribution in [0.5, 0.6) is 0 Å². The highest BCUT2D eigenvalue weighted by Gasteiger charge is 2.22. The number of pyridine rings is 1. The van der Waals surface area contributed by atoms with Crippen molar-refractivity contribution in [2.24, 2.45) is 5.73 Å². The summed E-state index contributed by atoms with van der Waals surface area (Å²) in [7, 11) is 0. The highest BCUT2D eigenvalue weighted by molar-refractivity contribution is 5.91. The lowest BCUT2D eigenvalue weighted by molar-refractivity contribution is 0.0941. The van der Waals surface area contributed by atoms with Crippen LogP contribution in [-0.2, 0) is 6.54 Å². The molecule has 0 bridgehead atoms. The summed E-state index contributed by atoms with van der Waals surface area (Å²) in [5, 5.41) is 14.7. The minimum absolute atomic E-state index is 0.108. The highest BCUT2D eigenvalue weighted by atomic mass is 16.5. The van der Waals surface area contributed by atoms with Crippen LogP contribution in [0.1, 0.15) is 48.1 Å². The van der Waals surface area contributed by atoms with Crippen LogP contribution in [0.15, 0.2) is 35.2 Å². The van der Waals surface area contributed by atoms with Crippen LogP contribution in [0.4, 0.5) is 0 Å². The Balaban J connectivity index is 1.34. The zero-order valence-corrected chi connectivity index (χ0v) is 14.7. The molecule has 3 N–H and O–H groups in total. The summed E-state index contributed by atoms with van der Waals surface area (Å²) >= 11 is 0. The molecule has 140 valence electrons. The molecule has 3 aromatic rings. The van der Waals surface area contributed by atoms with Gasteiger partial charge in [-0.15, -0.1) is 5.10 Å². The maximum Gasteiger partial charge on any atom is 0.273 e. The van der Waals surface area contributed by atoms with Gasteiger partial charge in [0.15, 0.2) is 5.69 Å². The molecule has 1 aliphatic rings. The van der Waals surface area contributed by atoms with Crippen LogP contribution in [-0.4, -0.2) is 42.1 Å². The van der Waals surface area contributed by atoms with Gasteiger partial charge in [-0.2, -0.15) is 4.98 Å². The lowest BCUT2D eigenvalue weighted by atomic mass is 9.92. The number of amides is 1. The van der Waals surface area contributed by atoms with Crippen molar-refractivity contribution in [2.75, 3.05) is 0 Å². The first kappa shape index (κ1) is 17.3. The third kappa shape index (κ3) is 4.00. The maximum atomic E-state index is 12.3. The number of rotatable bonds is 5. The summed E-state index contributed by atoms with van der Waals surface area (Å²) < 4.78 is 6.92. The third-order valence-electron chi connectivity index (χ3n) is 4.65. The smallest absolute Gasteiger partial charge is 0.273 e. The lowest BCUT2D eigenvalue weighted by Crippen LogP contribution is -2.28. The number of carbonyl (C=O) groups is 1. The van der Waals surface area contributed by atoms with Gasteiger partial charge < -0.3 is 15.6 Å². The zero-order chi connectivity index (χ0) is 18.6. The van der Waals surface area contributed by atoms with E-state index in [4.69, 9.17) is 10.3 Å². The van der Waals surface area contributed by atoms with Crippen molar-refractivity contribution < 1.29 is 9.32 Å². The van der Waals surface area contributed by atoms with E-state index in [0.29, 0.717) is 11.7 Å². The molecular formula is C17H20N8O2. The van der Waals surface area contributed by atoms with Gasteiger partial charge in [-0.3, -0.25) is 9.78 Å². The van der Waals surface area contributed by atoms with Gasteiger partial charge >= 0.3 is 0 Å². The van der Waals surface area contributed by atoms with E-state index in [0.717, 1.165) is 31.2 Å². The van der Waals surface area contributed by atoms with E-state index in [1.165, 1.54) is 0 Å². The highest BCUT2D eigenvalue weighted by Crippen LogP contribution is 2.26. The average molecular weight is 368 g/mol. The van der Waals surface area contributed by atoms with E-state index in [9.17, 15) is 4.79 Å². The minimum Gasteiger partial charge on any atom is -0.342 e. The van der Waals surface area contributed by atoms with Gasteiger partial charge in [0.05, 0.1) is 18.8 Å². The molecule has 0 unspecified atom stereocenters. The molecule has 0 radical (unpaired) electrons. The number of nitrogens with zero attached hydrogens (tertiary/aromatic N) is 6. The van der Waals surface area contributed by atoms with Crippen molar-refractivity contribution in [3.05, 3.63) is 42.3 Å². The summed E-state index contributed by atoms with van der Waals surface area (Å²) in [6.45, 7) is 0.108. The molecule has 1 aliphatic carbocycles. The third-order valence-corrected chi connectivity index (χ3v) is 4.65.